The van der Waals surface area contributed by atoms with Crippen LogP contribution in [0.15, 0.2) is 88.2 Å². The summed E-state index contributed by atoms with van der Waals surface area (Å²) < 4.78 is 87.3. The van der Waals surface area contributed by atoms with E-state index in [9.17, 15) is 26.3 Å². The van der Waals surface area contributed by atoms with E-state index in [0.29, 0.717) is 24.0 Å². The summed E-state index contributed by atoms with van der Waals surface area (Å²) in [6.07, 6.45) is -1.32. The maximum absolute atomic E-state index is 14.0. The van der Waals surface area contributed by atoms with Crippen LogP contribution in [-0.4, -0.2) is 3.21 Å². The molecule has 0 radical (unpaired) electrons. The predicted octanol–water partition coefficient (Wildman–Crippen LogP) is 13.8. The Balaban J connectivity index is 1.84. The third-order valence-electron chi connectivity index (χ3n) is 11.1. The van der Waals surface area contributed by atoms with E-state index in [1.165, 1.54) is 75.3 Å². The average molecular weight is 848 g/mol. The molecule has 7 heteroatoms. The monoisotopic (exact) mass is 846 g/mol. The summed E-state index contributed by atoms with van der Waals surface area (Å²) in [7, 11) is 0. The van der Waals surface area contributed by atoms with Gasteiger partial charge < -0.3 is 0 Å². The van der Waals surface area contributed by atoms with E-state index in [1.54, 1.807) is 0 Å². The number of fused-ring (bicyclic) bond motifs is 3. The van der Waals surface area contributed by atoms with Gasteiger partial charge in [0.05, 0.1) is 0 Å². The Morgan fingerprint density at radius 1 is 0.536 bits per heavy atom. The molecule has 0 saturated carbocycles. The van der Waals surface area contributed by atoms with Gasteiger partial charge in [0, 0.05) is 0 Å². The quantitative estimate of drug-likeness (QED) is 0.158. The van der Waals surface area contributed by atoms with Crippen LogP contribution in [0.1, 0.15) is 145 Å². The minimum atomic E-state index is -4.53. The fraction of sp³-hybridized carbons (Fsp3) is 0.408. The van der Waals surface area contributed by atoms with Gasteiger partial charge in [0.1, 0.15) is 0 Å². The van der Waals surface area contributed by atoms with Gasteiger partial charge in [-0.2, -0.15) is 0 Å². The molecule has 2 aliphatic rings. The molecule has 0 atom stereocenters. The van der Waals surface area contributed by atoms with Gasteiger partial charge in [-0.05, 0) is 0 Å². The number of benzene rings is 4. The number of rotatable bonds is 4. The molecule has 56 heavy (non-hydrogen) atoms. The van der Waals surface area contributed by atoms with Crippen molar-refractivity contribution in [3.63, 3.8) is 0 Å². The van der Waals surface area contributed by atoms with Crippen LogP contribution in [0, 0.1) is 0 Å². The van der Waals surface area contributed by atoms with Crippen LogP contribution in [0.5, 0.6) is 0 Å². The molecule has 0 spiro atoms. The zero-order chi connectivity index (χ0) is 41.6. The molecule has 2 aliphatic carbocycles. The van der Waals surface area contributed by atoms with E-state index in [-0.39, 0.29) is 21.7 Å². The van der Waals surface area contributed by atoms with E-state index in [2.05, 4.69) is 120 Å². The molecule has 0 heterocycles. The molecular formula is C49H54F6Zr. The van der Waals surface area contributed by atoms with E-state index in [1.807, 2.05) is 0 Å². The molecule has 4 aromatic carbocycles. The first-order valence-corrected chi connectivity index (χ1v) is 23.1. The van der Waals surface area contributed by atoms with Crippen LogP contribution in [0.3, 0.4) is 0 Å². The van der Waals surface area contributed by atoms with E-state index < -0.39 is 44.7 Å². The second-order valence-electron chi connectivity index (χ2n) is 19.7. The third kappa shape index (κ3) is 8.18. The van der Waals surface area contributed by atoms with Crippen molar-refractivity contribution < 1.29 is 47.6 Å². The summed E-state index contributed by atoms with van der Waals surface area (Å²) in [6, 6.07) is 17.8. The van der Waals surface area contributed by atoms with E-state index in [4.69, 9.17) is 0 Å². The van der Waals surface area contributed by atoms with E-state index >= 15 is 0 Å². The number of alkyl halides is 6. The zero-order valence-electron chi connectivity index (χ0n) is 34.8. The first-order valence-electron chi connectivity index (χ1n) is 19.4. The molecule has 0 aliphatic heterocycles. The predicted molar refractivity (Wildman–Crippen MR) is 217 cm³/mol. The van der Waals surface area contributed by atoms with Crippen molar-refractivity contribution in [3.05, 3.63) is 144 Å². The Kier molecular flexibility index (Phi) is 10.7. The average Bonchev–Trinajstić information content (AvgIpc) is 3.72. The molecule has 0 saturated heterocycles. The van der Waals surface area contributed by atoms with Gasteiger partial charge in [0.15, 0.2) is 0 Å². The number of hydrogen-bond acceptors (Lipinski definition) is 0. The Bertz CT molecular complexity index is 2210. The van der Waals surface area contributed by atoms with Gasteiger partial charge >= 0.3 is 339 Å². The summed E-state index contributed by atoms with van der Waals surface area (Å²) >= 11 is -3.60. The Morgan fingerprint density at radius 3 is 1.38 bits per heavy atom. The van der Waals surface area contributed by atoms with Gasteiger partial charge in [0.2, 0.25) is 0 Å². The fourth-order valence-corrected chi connectivity index (χ4v) is 17.5. The minimum absolute atomic E-state index is 0.101. The Morgan fingerprint density at radius 2 is 0.982 bits per heavy atom. The van der Waals surface area contributed by atoms with Gasteiger partial charge in [-0.1, -0.05) is 0 Å². The van der Waals surface area contributed by atoms with Gasteiger partial charge in [0.25, 0.3) is 0 Å². The van der Waals surface area contributed by atoms with Crippen LogP contribution in [0.4, 0.5) is 26.3 Å². The molecule has 0 bridgehead atoms. The second kappa shape index (κ2) is 14.2. The third-order valence-corrected chi connectivity index (χ3v) is 18.8. The van der Waals surface area contributed by atoms with Crippen molar-refractivity contribution in [2.75, 3.05) is 0 Å². The Hall–Kier alpha value is -3.31. The summed E-state index contributed by atoms with van der Waals surface area (Å²) in [6.45, 7) is 27.0. The molecule has 6 rings (SSSR count). The standard InChI is InChI=1S/C29H41.C15H8F6.C5H5.Zr/c1-26(2,3)22-14-18-13-19-15-23(27(4,5)6)25(29(10,11)12)17-21(19)20(18)16-24(22)28(7,8)9;16-14(17,18)12-5-1-10(2-6-12)9-11-3-7-13(8-4-11)15(19,20)21;1-2-4-5-3-1;/h14,16-17H,13H2,1-12H3;1-8H;1-3H,4H2;. The zero-order valence-corrected chi connectivity index (χ0v) is 37.2. The molecule has 0 nitrogen and oxygen atoms in total. The van der Waals surface area contributed by atoms with Crippen molar-refractivity contribution in [2.45, 2.75) is 130 Å². The van der Waals surface area contributed by atoms with Crippen molar-refractivity contribution in [2.24, 2.45) is 0 Å². The second-order valence-corrected chi connectivity index (χ2v) is 25.5. The van der Waals surface area contributed by atoms with Gasteiger partial charge in [-0.15, -0.1) is 0 Å². The first-order chi connectivity index (χ1) is 25.6. The van der Waals surface area contributed by atoms with Crippen LogP contribution >= 0.6 is 0 Å². The molecule has 0 unspecified atom stereocenters. The van der Waals surface area contributed by atoms with Gasteiger partial charge in [-0.3, -0.25) is 0 Å². The number of allylic oxidation sites excluding steroid dienone is 4. The molecule has 0 fully saturated rings. The topological polar surface area (TPSA) is 0 Å². The van der Waals surface area contributed by atoms with Crippen molar-refractivity contribution in [1.29, 1.82) is 0 Å². The normalized spacial score (nSPS) is 14.9. The van der Waals surface area contributed by atoms with Crippen LogP contribution in [0.25, 0.3) is 11.1 Å². The Labute approximate surface area is 337 Å². The van der Waals surface area contributed by atoms with Crippen LogP contribution < -0.4 is 3.27 Å². The number of hydrogen-bond donors (Lipinski definition) is 0. The van der Waals surface area contributed by atoms with E-state index in [0.717, 1.165) is 27.5 Å². The fourth-order valence-electron chi connectivity index (χ4n) is 8.45. The summed E-state index contributed by atoms with van der Waals surface area (Å²) in [5, 5.41) is 0. The van der Waals surface area contributed by atoms with Gasteiger partial charge in [-0.25, -0.2) is 0 Å². The van der Waals surface area contributed by atoms with Crippen LogP contribution in [-0.2, 0) is 61.7 Å². The number of halogens is 6. The molecule has 0 amide bonds. The summed E-state index contributed by atoms with van der Waals surface area (Å²) in [4.78, 5) is 0. The van der Waals surface area contributed by atoms with Crippen molar-refractivity contribution in [1.82, 2.24) is 0 Å². The van der Waals surface area contributed by atoms with Crippen molar-refractivity contribution >= 4 is 6.48 Å². The molecule has 0 N–H and O–H groups in total. The molecule has 0 aromatic heterocycles. The molecular weight excluding hydrogens is 794 g/mol. The molecule has 296 valence electrons. The summed E-state index contributed by atoms with van der Waals surface area (Å²) in [5.74, 6) is 0. The molecule has 4 aromatic rings. The maximum atomic E-state index is 14.0. The van der Waals surface area contributed by atoms with Crippen LogP contribution in [0.2, 0.25) is 0 Å². The summed E-state index contributed by atoms with van der Waals surface area (Å²) in [5.41, 5.74) is 8.93. The van der Waals surface area contributed by atoms with Crippen molar-refractivity contribution in [3.8, 4) is 11.1 Å². The SMILES string of the molecule is CC(C)(C)c1cc2c(cc1C(C)(C)C)-c1cc(C(C)(C)C)c(C(C)(C)C)[c]([Zr]([C]3=CC=CC3)=[C](c3ccc(C(F)(F)F)cc3)c3ccc(C(F)(F)F)cc3)c1C2. The first kappa shape index (κ1) is 42.3.